The van der Waals surface area contributed by atoms with E-state index < -0.39 is 11.6 Å². The quantitative estimate of drug-likeness (QED) is 0.512. The van der Waals surface area contributed by atoms with Crippen LogP contribution in [-0.2, 0) is 4.84 Å². The zero-order chi connectivity index (χ0) is 24.5. The number of aryl methyl sites for hydroxylation is 1. The summed E-state index contributed by atoms with van der Waals surface area (Å²) in [5.74, 6) is -0.466. The molecule has 0 radical (unpaired) electrons. The molecule has 0 saturated carbocycles. The molecule has 0 amide bonds. The van der Waals surface area contributed by atoms with Crippen LogP contribution in [0.4, 0.5) is 8.78 Å². The van der Waals surface area contributed by atoms with Gasteiger partial charge in [-0.15, -0.1) is 0 Å². The van der Waals surface area contributed by atoms with E-state index in [0.29, 0.717) is 23.7 Å². The number of piperidine rings is 1. The number of halogens is 2. The average Bonchev–Trinajstić information content (AvgIpc) is 3.29. The maximum Gasteiger partial charge on any atom is 0.190 e. The van der Waals surface area contributed by atoms with Gasteiger partial charge in [-0.2, -0.15) is 0 Å². The molecule has 7 nitrogen and oxygen atoms in total. The van der Waals surface area contributed by atoms with Gasteiger partial charge in [-0.05, 0) is 66.8 Å². The molecule has 9 heteroatoms. The van der Waals surface area contributed by atoms with Crippen LogP contribution in [0, 0.1) is 18.6 Å². The molecule has 0 aliphatic carbocycles. The number of fused-ring (bicyclic) bond motifs is 1. The van der Waals surface area contributed by atoms with Gasteiger partial charge in [0.15, 0.2) is 23.2 Å². The van der Waals surface area contributed by atoms with E-state index in [0.717, 1.165) is 35.4 Å². The lowest BCUT2D eigenvalue weighted by Gasteiger charge is -2.40. The summed E-state index contributed by atoms with van der Waals surface area (Å²) in [6.07, 6.45) is 7.43. The molecule has 2 aliphatic heterocycles. The average molecular weight is 481 g/mol. The molecule has 3 aromatic rings. The summed E-state index contributed by atoms with van der Waals surface area (Å²) in [5.41, 5.74) is 4.23. The van der Waals surface area contributed by atoms with Crippen molar-refractivity contribution < 1.29 is 23.1 Å². The van der Waals surface area contributed by atoms with Crippen LogP contribution >= 0.6 is 0 Å². The van der Waals surface area contributed by atoms with Crippen molar-refractivity contribution in [2.45, 2.75) is 25.8 Å². The molecule has 1 fully saturated rings. The predicted octanol–water partition coefficient (Wildman–Crippen LogP) is 5.04. The highest BCUT2D eigenvalue weighted by molar-refractivity contribution is 6.03. The Morgan fingerprint density at radius 3 is 2.60 bits per heavy atom. The van der Waals surface area contributed by atoms with Gasteiger partial charge >= 0.3 is 0 Å². The number of hydrogen-bond donors (Lipinski definition) is 0. The van der Waals surface area contributed by atoms with Crippen molar-refractivity contribution in [3.05, 3.63) is 76.9 Å². The van der Waals surface area contributed by atoms with Gasteiger partial charge in [-0.1, -0.05) is 11.2 Å². The lowest BCUT2D eigenvalue weighted by atomic mass is 9.95. The topological polar surface area (TPSA) is 61.1 Å². The predicted molar refractivity (Wildman–Crippen MR) is 128 cm³/mol. The number of ether oxygens (including phenoxy) is 2. The second-order valence-corrected chi connectivity index (χ2v) is 8.56. The zero-order valence-corrected chi connectivity index (χ0v) is 19.8. The largest absolute Gasteiger partial charge is 0.495 e. The van der Waals surface area contributed by atoms with Crippen LogP contribution in [0.25, 0.3) is 11.8 Å². The van der Waals surface area contributed by atoms with E-state index in [4.69, 9.17) is 14.3 Å². The van der Waals surface area contributed by atoms with Crippen molar-refractivity contribution in [1.82, 2.24) is 14.5 Å². The minimum atomic E-state index is -0.736. The molecule has 1 atom stereocenters. The Hall–Kier alpha value is -3.88. The smallest absolute Gasteiger partial charge is 0.190 e. The van der Waals surface area contributed by atoms with E-state index in [1.54, 1.807) is 13.4 Å². The number of imidazole rings is 1. The summed E-state index contributed by atoms with van der Waals surface area (Å²) in [7, 11) is 2.88. The maximum absolute atomic E-state index is 14.4. The number of aromatic nitrogens is 2. The lowest BCUT2D eigenvalue weighted by molar-refractivity contribution is 0.0572. The number of amidine groups is 1. The molecule has 3 heterocycles. The monoisotopic (exact) mass is 480 g/mol. The first-order valence-corrected chi connectivity index (χ1v) is 11.4. The number of hydrogen-bond acceptors (Lipinski definition) is 6. The molecule has 182 valence electrons. The van der Waals surface area contributed by atoms with Crippen molar-refractivity contribution in [2.24, 2.45) is 5.16 Å². The molecule has 35 heavy (non-hydrogen) atoms. The van der Waals surface area contributed by atoms with Gasteiger partial charge in [0.05, 0.1) is 38.0 Å². The minimum absolute atomic E-state index is 0.203. The molecular weight excluding hydrogens is 454 g/mol. The van der Waals surface area contributed by atoms with Crippen LogP contribution in [-0.4, -0.2) is 47.7 Å². The van der Waals surface area contributed by atoms with Gasteiger partial charge in [0.2, 0.25) is 0 Å². The Kier molecular flexibility index (Phi) is 6.15. The highest BCUT2D eigenvalue weighted by Gasteiger charge is 2.34. The third kappa shape index (κ3) is 4.34. The van der Waals surface area contributed by atoms with Gasteiger partial charge in [0, 0.05) is 12.7 Å². The van der Waals surface area contributed by atoms with Gasteiger partial charge in [0.25, 0.3) is 0 Å². The van der Waals surface area contributed by atoms with Crippen molar-refractivity contribution >= 4 is 11.9 Å². The molecule has 0 unspecified atom stereocenters. The maximum atomic E-state index is 14.4. The first kappa shape index (κ1) is 22.9. The zero-order valence-electron chi connectivity index (χ0n) is 19.8. The van der Waals surface area contributed by atoms with E-state index in [2.05, 4.69) is 21.1 Å². The number of oxime groups is 1. The second kappa shape index (κ2) is 9.40. The summed E-state index contributed by atoms with van der Waals surface area (Å²) in [5, 5.41) is 4.31. The highest BCUT2D eigenvalue weighted by atomic mass is 19.1. The Morgan fingerprint density at radius 2 is 1.91 bits per heavy atom. The van der Waals surface area contributed by atoms with Crippen LogP contribution < -0.4 is 9.47 Å². The summed E-state index contributed by atoms with van der Waals surface area (Å²) >= 11 is 0. The summed E-state index contributed by atoms with van der Waals surface area (Å²) in [6.45, 7) is 2.85. The van der Waals surface area contributed by atoms with Gasteiger partial charge in [0.1, 0.15) is 12.4 Å². The third-order valence-corrected chi connectivity index (χ3v) is 6.31. The summed E-state index contributed by atoms with van der Waals surface area (Å²) in [6, 6.07) is 8.21. The molecule has 2 aliphatic rings. The van der Waals surface area contributed by atoms with E-state index in [1.165, 1.54) is 19.2 Å². The number of methoxy groups -OCH3 is 2. The molecule has 1 aromatic heterocycles. The van der Waals surface area contributed by atoms with Crippen LogP contribution in [0.2, 0.25) is 0 Å². The second-order valence-electron chi connectivity index (χ2n) is 8.56. The van der Waals surface area contributed by atoms with E-state index in [-0.39, 0.29) is 18.4 Å². The Balaban J connectivity index is 1.45. The third-order valence-electron chi connectivity index (χ3n) is 6.31. The van der Waals surface area contributed by atoms with Gasteiger partial charge in [-0.3, -0.25) is 0 Å². The van der Waals surface area contributed by atoms with E-state index in [1.807, 2.05) is 35.9 Å². The number of benzene rings is 2. The Morgan fingerprint density at radius 1 is 1.11 bits per heavy atom. The van der Waals surface area contributed by atoms with Crippen LogP contribution in [0.5, 0.6) is 11.5 Å². The van der Waals surface area contributed by atoms with Crippen molar-refractivity contribution in [3.8, 4) is 17.2 Å². The van der Waals surface area contributed by atoms with Crippen molar-refractivity contribution in [3.63, 3.8) is 0 Å². The number of nitrogens with zero attached hydrogens (tertiary/aromatic N) is 4. The molecule has 0 N–H and O–H groups in total. The fourth-order valence-electron chi connectivity index (χ4n) is 4.65. The van der Waals surface area contributed by atoms with Gasteiger partial charge < -0.3 is 23.8 Å². The fourth-order valence-corrected chi connectivity index (χ4v) is 4.65. The highest BCUT2D eigenvalue weighted by Crippen LogP contribution is 2.35. The molecular formula is C26H26F2N4O3. The molecule has 5 rings (SSSR count). The Labute approximate surface area is 202 Å². The summed E-state index contributed by atoms with van der Waals surface area (Å²) < 4.78 is 41.2. The van der Waals surface area contributed by atoms with Gasteiger partial charge in [-0.25, -0.2) is 13.8 Å². The van der Waals surface area contributed by atoms with E-state index >= 15 is 0 Å². The molecule has 0 bridgehead atoms. The normalized spacial score (nSPS) is 18.7. The Bertz CT molecular complexity index is 1290. The molecule has 0 spiro atoms. The first-order valence-electron chi connectivity index (χ1n) is 11.4. The lowest BCUT2D eigenvalue weighted by Crippen LogP contribution is -2.44. The van der Waals surface area contributed by atoms with Crippen LogP contribution in [0.1, 0.15) is 35.7 Å². The minimum Gasteiger partial charge on any atom is -0.495 e. The summed E-state index contributed by atoms with van der Waals surface area (Å²) in [4.78, 5) is 11.9. The molecule has 2 aromatic carbocycles. The van der Waals surface area contributed by atoms with Crippen LogP contribution in [0.3, 0.4) is 0 Å². The SMILES string of the molecule is COc1cc(C=C2CCCN3C2=NOC[C@@H]3c2cc(F)c(OC)c(F)c2)ccc1-n1cnc(C)c1. The van der Waals surface area contributed by atoms with E-state index in [9.17, 15) is 8.78 Å². The standard InChI is InChI=1S/C26H26F2N4O3/c1-16-13-31(15-29-16)22-7-6-17(10-24(22)33-2)9-18-5-4-8-32-23(14-35-30-26(18)32)19-11-20(27)25(34-3)21(28)12-19/h6-7,9-13,15,23H,4-5,8,14H2,1-3H3/t23-/m1/s1. The number of rotatable bonds is 5. The van der Waals surface area contributed by atoms with Crippen LogP contribution in [0.15, 0.2) is 53.6 Å². The first-order chi connectivity index (χ1) is 17.0. The van der Waals surface area contributed by atoms with Crippen molar-refractivity contribution in [1.29, 1.82) is 0 Å². The molecule has 1 saturated heterocycles. The fraction of sp³-hybridized carbons (Fsp3) is 0.308. The van der Waals surface area contributed by atoms with Crippen molar-refractivity contribution in [2.75, 3.05) is 27.4 Å².